The predicted molar refractivity (Wildman–Crippen MR) is 126 cm³/mol. The summed E-state index contributed by atoms with van der Waals surface area (Å²) in [5, 5.41) is 4.95. The lowest BCUT2D eigenvalue weighted by Gasteiger charge is -2.29. The Bertz CT molecular complexity index is 1080. The van der Waals surface area contributed by atoms with E-state index in [0.29, 0.717) is 12.2 Å². The van der Waals surface area contributed by atoms with Crippen LogP contribution in [0.2, 0.25) is 0 Å². The summed E-state index contributed by atoms with van der Waals surface area (Å²) in [4.78, 5) is 16.4. The molecular weight excluding hydrogens is 430 g/mol. The second kappa shape index (κ2) is 10.1. The molecule has 31 heavy (non-hydrogen) atoms. The van der Waals surface area contributed by atoms with E-state index in [1.54, 1.807) is 28.4 Å². The van der Waals surface area contributed by atoms with E-state index in [4.69, 9.17) is 0 Å². The standard InChI is InChI=1S/C23H27N3O3S2/c1-18(16-21-10-7-15-30-21)26(17-19-8-5-4-6-9-19)23(27)24-20-11-13-22(14-12-20)31(28,29)25(2)3/h4-15,18H,16-17H2,1-3H3,(H,24,27)/t18-/m1/s1. The van der Waals surface area contributed by atoms with Gasteiger partial charge in [0.1, 0.15) is 0 Å². The lowest BCUT2D eigenvalue weighted by Crippen LogP contribution is -2.42. The van der Waals surface area contributed by atoms with Crippen molar-refractivity contribution in [3.05, 3.63) is 82.6 Å². The van der Waals surface area contributed by atoms with Crippen LogP contribution < -0.4 is 5.32 Å². The van der Waals surface area contributed by atoms with Gasteiger partial charge in [0, 0.05) is 43.7 Å². The van der Waals surface area contributed by atoms with Gasteiger partial charge in [0.05, 0.1) is 4.90 Å². The van der Waals surface area contributed by atoms with E-state index in [2.05, 4.69) is 11.4 Å². The van der Waals surface area contributed by atoms with Crippen LogP contribution in [0, 0.1) is 0 Å². The molecule has 0 saturated heterocycles. The number of urea groups is 1. The van der Waals surface area contributed by atoms with E-state index in [9.17, 15) is 13.2 Å². The minimum atomic E-state index is -3.51. The quantitative estimate of drug-likeness (QED) is 0.535. The van der Waals surface area contributed by atoms with Gasteiger partial charge in [-0.15, -0.1) is 11.3 Å². The van der Waals surface area contributed by atoms with E-state index < -0.39 is 10.0 Å². The maximum atomic E-state index is 13.2. The maximum Gasteiger partial charge on any atom is 0.322 e. The van der Waals surface area contributed by atoms with Gasteiger partial charge in [-0.3, -0.25) is 0 Å². The number of benzene rings is 2. The SMILES string of the molecule is C[C@H](Cc1cccs1)N(Cc1ccccc1)C(=O)Nc1ccc(S(=O)(=O)N(C)C)cc1. The third-order valence-corrected chi connectivity index (χ3v) is 7.68. The molecule has 0 fully saturated rings. The highest BCUT2D eigenvalue weighted by atomic mass is 32.2. The number of nitrogens with zero attached hydrogens (tertiary/aromatic N) is 2. The molecule has 2 aromatic carbocycles. The summed E-state index contributed by atoms with van der Waals surface area (Å²) in [5.41, 5.74) is 1.59. The second-order valence-electron chi connectivity index (χ2n) is 7.49. The molecule has 6 nitrogen and oxygen atoms in total. The number of carbonyl (C=O) groups is 1. The van der Waals surface area contributed by atoms with Crippen LogP contribution in [-0.2, 0) is 23.0 Å². The summed E-state index contributed by atoms with van der Waals surface area (Å²) in [6.45, 7) is 2.52. The summed E-state index contributed by atoms with van der Waals surface area (Å²) in [6.07, 6.45) is 0.762. The van der Waals surface area contributed by atoms with Crippen LogP contribution in [0.4, 0.5) is 10.5 Å². The van der Waals surface area contributed by atoms with Crippen LogP contribution in [0.25, 0.3) is 0 Å². The minimum absolute atomic E-state index is 0.0211. The molecule has 1 N–H and O–H groups in total. The first-order chi connectivity index (χ1) is 14.8. The van der Waals surface area contributed by atoms with Gasteiger partial charge in [-0.05, 0) is 48.2 Å². The Hall–Kier alpha value is -2.68. The number of anilines is 1. The second-order valence-corrected chi connectivity index (χ2v) is 10.7. The summed E-state index contributed by atoms with van der Waals surface area (Å²) < 4.78 is 25.7. The Balaban J connectivity index is 1.77. The van der Waals surface area contributed by atoms with Crippen molar-refractivity contribution < 1.29 is 13.2 Å². The van der Waals surface area contributed by atoms with E-state index in [0.717, 1.165) is 16.3 Å². The number of thiophene rings is 1. The molecule has 3 aromatic rings. The Kier molecular flexibility index (Phi) is 7.48. The lowest BCUT2D eigenvalue weighted by molar-refractivity contribution is 0.188. The number of rotatable bonds is 8. The van der Waals surface area contributed by atoms with E-state index in [1.165, 1.54) is 31.1 Å². The fraction of sp³-hybridized carbons (Fsp3) is 0.261. The molecular formula is C23H27N3O3S2. The molecule has 0 aliphatic carbocycles. The first-order valence-corrected chi connectivity index (χ1v) is 12.3. The fourth-order valence-corrected chi connectivity index (χ4v) is 4.88. The highest BCUT2D eigenvalue weighted by molar-refractivity contribution is 7.89. The van der Waals surface area contributed by atoms with Crippen LogP contribution in [0.1, 0.15) is 17.4 Å². The van der Waals surface area contributed by atoms with Crippen LogP contribution >= 0.6 is 11.3 Å². The average molecular weight is 458 g/mol. The third-order valence-electron chi connectivity index (χ3n) is 4.95. The maximum absolute atomic E-state index is 13.2. The molecule has 1 atom stereocenters. The topological polar surface area (TPSA) is 69.7 Å². The monoisotopic (exact) mass is 457 g/mol. The largest absolute Gasteiger partial charge is 0.322 e. The Morgan fingerprint density at radius 1 is 1.00 bits per heavy atom. The molecule has 0 unspecified atom stereocenters. The van der Waals surface area contributed by atoms with E-state index in [-0.39, 0.29) is 17.0 Å². The molecule has 0 bridgehead atoms. The van der Waals surface area contributed by atoms with Gasteiger partial charge in [-0.1, -0.05) is 36.4 Å². The summed E-state index contributed by atoms with van der Waals surface area (Å²) >= 11 is 1.68. The van der Waals surface area contributed by atoms with Gasteiger partial charge >= 0.3 is 6.03 Å². The first kappa shape index (κ1) is 23.0. The molecule has 0 saturated carbocycles. The van der Waals surface area contributed by atoms with Crippen molar-refractivity contribution in [3.63, 3.8) is 0 Å². The van der Waals surface area contributed by atoms with Crippen molar-refractivity contribution >= 4 is 33.1 Å². The summed E-state index contributed by atoms with van der Waals surface area (Å²) in [6, 6.07) is 19.9. The van der Waals surface area contributed by atoms with Crippen molar-refractivity contribution in [3.8, 4) is 0 Å². The smallest absolute Gasteiger partial charge is 0.317 e. The van der Waals surface area contributed by atoms with Gasteiger partial charge in [0.15, 0.2) is 0 Å². The van der Waals surface area contributed by atoms with Gasteiger partial charge < -0.3 is 10.2 Å². The van der Waals surface area contributed by atoms with Crippen molar-refractivity contribution in [1.82, 2.24) is 9.21 Å². The van der Waals surface area contributed by atoms with Crippen LogP contribution in [-0.4, -0.2) is 43.8 Å². The van der Waals surface area contributed by atoms with Gasteiger partial charge in [0.25, 0.3) is 0 Å². The number of hydrogen-bond acceptors (Lipinski definition) is 4. The number of sulfonamides is 1. The molecule has 0 spiro atoms. The van der Waals surface area contributed by atoms with Gasteiger partial charge in [-0.2, -0.15) is 0 Å². The average Bonchev–Trinajstić information content (AvgIpc) is 3.26. The van der Waals surface area contributed by atoms with Crippen molar-refractivity contribution in [2.75, 3.05) is 19.4 Å². The zero-order valence-corrected chi connectivity index (χ0v) is 19.5. The molecule has 0 aliphatic rings. The Morgan fingerprint density at radius 3 is 2.26 bits per heavy atom. The zero-order valence-electron chi connectivity index (χ0n) is 17.9. The first-order valence-electron chi connectivity index (χ1n) is 9.94. The highest BCUT2D eigenvalue weighted by Crippen LogP contribution is 2.20. The van der Waals surface area contributed by atoms with Crippen molar-refractivity contribution in [2.45, 2.75) is 30.8 Å². The normalized spacial score (nSPS) is 12.5. The number of nitrogens with one attached hydrogen (secondary N) is 1. The molecule has 164 valence electrons. The molecule has 2 amide bonds. The number of hydrogen-bond donors (Lipinski definition) is 1. The van der Waals surface area contributed by atoms with Gasteiger partial charge in [0.2, 0.25) is 10.0 Å². The molecule has 0 radical (unpaired) electrons. The fourth-order valence-electron chi connectivity index (χ4n) is 3.15. The summed E-state index contributed by atoms with van der Waals surface area (Å²) in [7, 11) is -0.535. The molecule has 3 rings (SSSR count). The number of carbonyl (C=O) groups excluding carboxylic acids is 1. The van der Waals surface area contributed by atoms with E-state index >= 15 is 0 Å². The van der Waals surface area contributed by atoms with E-state index in [1.807, 2.05) is 48.7 Å². The van der Waals surface area contributed by atoms with Gasteiger partial charge in [-0.25, -0.2) is 17.5 Å². The molecule has 1 heterocycles. The van der Waals surface area contributed by atoms with Crippen LogP contribution in [0.15, 0.2) is 77.0 Å². The highest BCUT2D eigenvalue weighted by Gasteiger charge is 2.22. The number of amides is 2. The van der Waals surface area contributed by atoms with Crippen LogP contribution in [0.3, 0.4) is 0 Å². The van der Waals surface area contributed by atoms with Crippen LogP contribution in [0.5, 0.6) is 0 Å². The molecule has 1 aromatic heterocycles. The molecule has 8 heteroatoms. The third kappa shape index (κ3) is 5.94. The Labute approximate surface area is 188 Å². The Morgan fingerprint density at radius 2 is 1.68 bits per heavy atom. The lowest BCUT2D eigenvalue weighted by atomic mass is 10.1. The minimum Gasteiger partial charge on any atom is -0.317 e. The van der Waals surface area contributed by atoms with Crippen molar-refractivity contribution in [1.29, 1.82) is 0 Å². The zero-order chi connectivity index (χ0) is 22.4. The van der Waals surface area contributed by atoms with Crippen molar-refractivity contribution in [2.24, 2.45) is 0 Å². The summed E-state index contributed by atoms with van der Waals surface area (Å²) in [5.74, 6) is 0. The molecule has 0 aliphatic heterocycles. The predicted octanol–water partition coefficient (Wildman–Crippen LogP) is 4.66.